The number of hydrogen-bond donors (Lipinski definition) is 2. The first-order chi connectivity index (χ1) is 16.5. The lowest BCUT2D eigenvalue weighted by Gasteiger charge is -2.37. The molecule has 0 radical (unpaired) electrons. The highest BCUT2D eigenvalue weighted by Crippen LogP contribution is 2.33. The van der Waals surface area contributed by atoms with Crippen molar-refractivity contribution in [3.05, 3.63) is 47.2 Å². The van der Waals surface area contributed by atoms with Crippen molar-refractivity contribution in [3.63, 3.8) is 0 Å². The van der Waals surface area contributed by atoms with Crippen molar-refractivity contribution in [1.82, 2.24) is 15.5 Å². The van der Waals surface area contributed by atoms with Crippen LogP contribution in [0.3, 0.4) is 0 Å². The fraction of sp³-hybridized carbons (Fsp3) is 0.607. The molecular weight excluding hydrogens is 424 g/mol. The Bertz CT molecular complexity index is 1000. The van der Waals surface area contributed by atoms with E-state index in [2.05, 4.69) is 35.4 Å². The van der Waals surface area contributed by atoms with Crippen molar-refractivity contribution in [3.8, 4) is 6.07 Å². The van der Waals surface area contributed by atoms with Gasteiger partial charge in [-0.3, -0.25) is 9.59 Å². The number of carbonyl (C=O) groups is 2. The average Bonchev–Trinajstić information content (AvgIpc) is 3.16. The van der Waals surface area contributed by atoms with Crippen LogP contribution in [0.1, 0.15) is 85.7 Å². The highest BCUT2D eigenvalue weighted by Gasteiger charge is 2.38. The predicted molar refractivity (Wildman–Crippen MR) is 131 cm³/mol. The van der Waals surface area contributed by atoms with Crippen molar-refractivity contribution in [2.24, 2.45) is 11.8 Å². The number of piperidine rings is 1. The second-order valence-corrected chi connectivity index (χ2v) is 10.8. The molecule has 0 spiro atoms. The SMILES string of the molecule is C=C1CCC(N2Cc3cc(C[C@H]4CCCC[C@@H]4NC4CCC(C#N)CC4)ccc3C2=O)C(=O)N1. The Labute approximate surface area is 202 Å². The lowest BCUT2D eigenvalue weighted by Crippen LogP contribution is -2.49. The number of amides is 2. The number of fused-ring (bicyclic) bond motifs is 1. The van der Waals surface area contributed by atoms with E-state index in [1.807, 2.05) is 6.07 Å². The third-order valence-electron chi connectivity index (χ3n) is 8.47. The van der Waals surface area contributed by atoms with Crippen LogP contribution in [-0.2, 0) is 17.8 Å². The second kappa shape index (κ2) is 9.92. The molecule has 0 bridgehead atoms. The van der Waals surface area contributed by atoms with Crippen LogP contribution in [0.25, 0.3) is 0 Å². The highest BCUT2D eigenvalue weighted by molar-refractivity contribution is 6.01. The van der Waals surface area contributed by atoms with Crippen LogP contribution in [0.5, 0.6) is 0 Å². The molecule has 3 fully saturated rings. The van der Waals surface area contributed by atoms with Crippen molar-refractivity contribution >= 4 is 11.8 Å². The summed E-state index contributed by atoms with van der Waals surface area (Å²) in [5, 5.41) is 16.0. The molecule has 1 aromatic carbocycles. The van der Waals surface area contributed by atoms with Crippen LogP contribution in [-0.4, -0.2) is 34.8 Å². The number of nitriles is 1. The number of benzene rings is 1. The fourth-order valence-corrected chi connectivity index (χ4v) is 6.50. The van der Waals surface area contributed by atoms with E-state index in [4.69, 9.17) is 0 Å². The maximum Gasteiger partial charge on any atom is 0.255 e. The van der Waals surface area contributed by atoms with Gasteiger partial charge in [-0.15, -0.1) is 0 Å². The lowest BCUT2D eigenvalue weighted by atomic mass is 9.79. The van der Waals surface area contributed by atoms with Crippen LogP contribution in [0.4, 0.5) is 0 Å². The van der Waals surface area contributed by atoms with E-state index in [9.17, 15) is 14.9 Å². The zero-order valence-electron chi connectivity index (χ0n) is 20.0. The van der Waals surface area contributed by atoms with Gasteiger partial charge in [0.1, 0.15) is 6.04 Å². The Balaban J connectivity index is 1.23. The van der Waals surface area contributed by atoms with E-state index in [0.717, 1.165) is 55.3 Å². The Morgan fingerprint density at radius 1 is 1.09 bits per heavy atom. The molecule has 5 rings (SSSR count). The Morgan fingerprint density at radius 2 is 1.88 bits per heavy atom. The predicted octanol–water partition coefficient (Wildman–Crippen LogP) is 4.21. The number of carbonyl (C=O) groups excluding carboxylic acids is 2. The molecule has 1 aromatic rings. The number of nitrogens with zero attached hydrogens (tertiary/aromatic N) is 2. The van der Waals surface area contributed by atoms with E-state index in [-0.39, 0.29) is 17.7 Å². The van der Waals surface area contributed by atoms with E-state index >= 15 is 0 Å². The quantitative estimate of drug-likeness (QED) is 0.689. The van der Waals surface area contributed by atoms with Crippen LogP contribution < -0.4 is 10.6 Å². The maximum atomic E-state index is 13.0. The standard InChI is InChI=1S/C28H36N4O2/c1-18-6-13-26(27(33)30-18)32-17-22-15-20(9-12-24(22)28(32)34)14-21-4-2-3-5-25(21)31-23-10-7-19(16-29)8-11-23/h9,12,15,19,21,23,25-26,31H,1-8,10-11,13-14,17H2,(H,30,33)/t19?,21-,23?,25+,26?/m1/s1. The molecule has 34 heavy (non-hydrogen) atoms. The molecule has 1 unspecified atom stereocenters. The van der Waals surface area contributed by atoms with Crippen LogP contribution in [0.15, 0.2) is 30.5 Å². The monoisotopic (exact) mass is 460 g/mol. The van der Waals surface area contributed by atoms with Crippen LogP contribution in [0.2, 0.25) is 0 Å². The molecule has 6 heteroatoms. The molecule has 4 aliphatic rings. The largest absolute Gasteiger partial charge is 0.329 e. The van der Waals surface area contributed by atoms with Gasteiger partial charge < -0.3 is 15.5 Å². The smallest absolute Gasteiger partial charge is 0.255 e. The van der Waals surface area contributed by atoms with Gasteiger partial charge in [0.15, 0.2) is 0 Å². The molecule has 2 amide bonds. The zero-order chi connectivity index (χ0) is 23.7. The molecule has 3 atom stereocenters. The van der Waals surface area contributed by atoms with Gasteiger partial charge >= 0.3 is 0 Å². The third kappa shape index (κ3) is 4.77. The molecule has 2 N–H and O–H groups in total. The fourth-order valence-electron chi connectivity index (χ4n) is 6.50. The van der Waals surface area contributed by atoms with Gasteiger partial charge in [0, 0.05) is 35.8 Å². The summed E-state index contributed by atoms with van der Waals surface area (Å²) in [6, 6.07) is 9.40. The summed E-state index contributed by atoms with van der Waals surface area (Å²) in [5.74, 6) is 0.702. The van der Waals surface area contributed by atoms with Crippen LogP contribution >= 0.6 is 0 Å². The highest BCUT2D eigenvalue weighted by atomic mass is 16.2. The molecule has 180 valence electrons. The molecular formula is C28H36N4O2. The molecule has 2 heterocycles. The number of allylic oxidation sites excluding steroid dienone is 1. The zero-order valence-corrected chi connectivity index (χ0v) is 20.0. The Hall–Kier alpha value is -2.65. The van der Waals surface area contributed by atoms with Gasteiger partial charge in [0.05, 0.1) is 6.07 Å². The number of rotatable bonds is 5. The summed E-state index contributed by atoms with van der Waals surface area (Å²) in [6.07, 6.45) is 11.7. The minimum absolute atomic E-state index is 0.0283. The molecule has 0 aromatic heterocycles. The minimum atomic E-state index is -0.406. The lowest BCUT2D eigenvalue weighted by molar-refractivity contribution is -0.126. The van der Waals surface area contributed by atoms with Gasteiger partial charge in [-0.05, 0) is 80.9 Å². The first kappa shape index (κ1) is 23.1. The molecule has 6 nitrogen and oxygen atoms in total. The summed E-state index contributed by atoms with van der Waals surface area (Å²) < 4.78 is 0. The van der Waals surface area contributed by atoms with E-state index in [1.54, 1.807) is 4.90 Å². The molecule has 2 aliphatic heterocycles. The summed E-state index contributed by atoms with van der Waals surface area (Å²) in [4.78, 5) is 27.2. The number of nitrogens with one attached hydrogen (secondary N) is 2. The summed E-state index contributed by atoms with van der Waals surface area (Å²) >= 11 is 0. The van der Waals surface area contributed by atoms with E-state index < -0.39 is 6.04 Å². The second-order valence-electron chi connectivity index (χ2n) is 10.8. The summed E-state index contributed by atoms with van der Waals surface area (Å²) in [6.45, 7) is 4.36. The normalized spacial score (nSPS) is 31.7. The molecule has 2 saturated carbocycles. The first-order valence-electron chi connectivity index (χ1n) is 13.1. The molecule has 1 saturated heterocycles. The van der Waals surface area contributed by atoms with Crippen molar-refractivity contribution < 1.29 is 9.59 Å². The Kier molecular flexibility index (Phi) is 6.74. The summed E-state index contributed by atoms with van der Waals surface area (Å²) in [7, 11) is 0. The van der Waals surface area contributed by atoms with Gasteiger partial charge in [-0.1, -0.05) is 31.6 Å². The van der Waals surface area contributed by atoms with Gasteiger partial charge in [-0.25, -0.2) is 0 Å². The third-order valence-corrected chi connectivity index (χ3v) is 8.47. The van der Waals surface area contributed by atoms with Gasteiger partial charge in [0.2, 0.25) is 5.91 Å². The molecule has 2 aliphatic carbocycles. The minimum Gasteiger partial charge on any atom is -0.329 e. The van der Waals surface area contributed by atoms with Crippen molar-refractivity contribution in [2.75, 3.05) is 0 Å². The maximum absolute atomic E-state index is 13.0. The van der Waals surface area contributed by atoms with Gasteiger partial charge in [0.25, 0.3) is 5.91 Å². The van der Waals surface area contributed by atoms with Crippen molar-refractivity contribution in [2.45, 2.75) is 95.3 Å². The van der Waals surface area contributed by atoms with Gasteiger partial charge in [-0.2, -0.15) is 5.26 Å². The van der Waals surface area contributed by atoms with E-state index in [0.29, 0.717) is 31.0 Å². The number of hydrogen-bond acceptors (Lipinski definition) is 4. The first-order valence-corrected chi connectivity index (χ1v) is 13.1. The van der Waals surface area contributed by atoms with Crippen LogP contribution in [0, 0.1) is 23.2 Å². The Morgan fingerprint density at radius 3 is 2.65 bits per heavy atom. The topological polar surface area (TPSA) is 85.2 Å². The van der Waals surface area contributed by atoms with E-state index in [1.165, 1.54) is 31.2 Å². The average molecular weight is 461 g/mol. The van der Waals surface area contributed by atoms with Crippen molar-refractivity contribution in [1.29, 1.82) is 5.26 Å². The summed E-state index contributed by atoms with van der Waals surface area (Å²) in [5.41, 5.74) is 3.83.